The summed E-state index contributed by atoms with van der Waals surface area (Å²) in [5.74, 6) is 2.54. The van der Waals surface area contributed by atoms with Crippen LogP contribution in [0.4, 0.5) is 0 Å². The molecule has 31 heavy (non-hydrogen) atoms. The Kier molecular flexibility index (Phi) is 5.51. The topological polar surface area (TPSA) is 76.1 Å². The Bertz CT molecular complexity index is 1080. The van der Waals surface area contributed by atoms with Gasteiger partial charge in [-0.25, -0.2) is 0 Å². The molecule has 0 saturated heterocycles. The molecule has 1 amide bonds. The van der Waals surface area contributed by atoms with Crippen LogP contribution in [0.15, 0.2) is 23.0 Å². The zero-order valence-corrected chi connectivity index (χ0v) is 18.9. The number of nitrogens with one attached hydrogen (secondary N) is 2. The first-order valence-corrected chi connectivity index (χ1v) is 11.9. The van der Waals surface area contributed by atoms with E-state index >= 15 is 0 Å². The number of carbonyl (C=O) groups is 1. The van der Waals surface area contributed by atoms with Crippen LogP contribution in [0.25, 0.3) is 10.9 Å². The summed E-state index contributed by atoms with van der Waals surface area (Å²) in [7, 11) is 1.64. The third-order valence-corrected chi connectivity index (χ3v) is 8.09. The smallest absolute Gasteiger partial charge is 0.262 e. The number of aromatic amines is 1. The number of carbonyl (C=O) groups excluding carboxylic acids is 1. The van der Waals surface area contributed by atoms with Crippen LogP contribution in [0.5, 0.6) is 0 Å². The van der Waals surface area contributed by atoms with Gasteiger partial charge in [0.05, 0.1) is 10.9 Å². The maximum absolute atomic E-state index is 12.9. The van der Waals surface area contributed by atoms with E-state index in [2.05, 4.69) is 10.3 Å². The van der Waals surface area contributed by atoms with Crippen LogP contribution < -0.4 is 10.9 Å². The lowest BCUT2D eigenvalue weighted by atomic mass is 9.49. The van der Waals surface area contributed by atoms with Crippen molar-refractivity contribution in [1.29, 1.82) is 0 Å². The molecule has 166 valence electrons. The van der Waals surface area contributed by atoms with Crippen molar-refractivity contribution in [2.24, 2.45) is 23.2 Å². The first-order chi connectivity index (χ1) is 15.0. The number of rotatable bonds is 7. The molecule has 4 aliphatic rings. The highest BCUT2D eigenvalue weighted by molar-refractivity contribution is 7.71. The zero-order chi connectivity index (χ0) is 21.6. The molecule has 2 N–H and O–H groups in total. The average Bonchev–Trinajstić information content (AvgIpc) is 2.73. The first-order valence-electron chi connectivity index (χ1n) is 11.5. The van der Waals surface area contributed by atoms with Crippen LogP contribution in [0.1, 0.15) is 55.3 Å². The minimum Gasteiger partial charge on any atom is -0.385 e. The molecule has 0 spiro atoms. The predicted molar refractivity (Wildman–Crippen MR) is 123 cm³/mol. The summed E-state index contributed by atoms with van der Waals surface area (Å²) in [4.78, 5) is 28.9. The fourth-order valence-electron chi connectivity index (χ4n) is 6.84. The van der Waals surface area contributed by atoms with Gasteiger partial charge in [0.2, 0.25) is 0 Å². The van der Waals surface area contributed by atoms with Crippen molar-refractivity contribution in [2.45, 2.75) is 51.5 Å². The Labute approximate surface area is 187 Å². The molecule has 4 bridgehead atoms. The molecule has 0 radical (unpaired) electrons. The van der Waals surface area contributed by atoms with Gasteiger partial charge in [-0.3, -0.25) is 14.2 Å². The average molecular weight is 442 g/mol. The molecule has 1 aromatic heterocycles. The fourth-order valence-corrected chi connectivity index (χ4v) is 7.13. The maximum Gasteiger partial charge on any atom is 0.262 e. The van der Waals surface area contributed by atoms with Crippen LogP contribution in [0, 0.1) is 27.9 Å². The summed E-state index contributed by atoms with van der Waals surface area (Å²) in [6.07, 6.45) is 8.73. The van der Waals surface area contributed by atoms with Crippen LogP contribution in [-0.2, 0) is 11.3 Å². The summed E-state index contributed by atoms with van der Waals surface area (Å²) < 4.78 is 7.00. The third kappa shape index (κ3) is 3.98. The number of aromatic nitrogens is 2. The second kappa shape index (κ2) is 8.17. The van der Waals surface area contributed by atoms with Gasteiger partial charge in [0.15, 0.2) is 4.77 Å². The molecule has 1 aromatic carbocycles. The molecule has 2 aromatic rings. The van der Waals surface area contributed by atoms with Gasteiger partial charge in [-0.2, -0.15) is 0 Å². The van der Waals surface area contributed by atoms with Gasteiger partial charge in [0.1, 0.15) is 0 Å². The third-order valence-electron chi connectivity index (χ3n) is 7.76. The predicted octanol–water partition coefficient (Wildman–Crippen LogP) is 4.04. The largest absolute Gasteiger partial charge is 0.385 e. The Morgan fingerprint density at radius 3 is 2.55 bits per heavy atom. The lowest BCUT2D eigenvalue weighted by molar-refractivity contribution is -0.0503. The molecule has 0 unspecified atom stereocenters. The van der Waals surface area contributed by atoms with Crippen molar-refractivity contribution in [3.63, 3.8) is 0 Å². The van der Waals surface area contributed by atoms with E-state index < -0.39 is 0 Å². The fraction of sp³-hybridized carbons (Fsp3) is 0.625. The number of benzene rings is 1. The number of methoxy groups -OCH3 is 1. The Morgan fingerprint density at radius 1 is 1.23 bits per heavy atom. The molecular weight excluding hydrogens is 410 g/mol. The van der Waals surface area contributed by atoms with Gasteiger partial charge >= 0.3 is 0 Å². The Morgan fingerprint density at radius 2 is 1.90 bits per heavy atom. The summed E-state index contributed by atoms with van der Waals surface area (Å²) in [6, 6.07) is 5.23. The van der Waals surface area contributed by atoms with E-state index in [-0.39, 0.29) is 11.5 Å². The van der Waals surface area contributed by atoms with Crippen LogP contribution in [0.3, 0.4) is 0 Å². The van der Waals surface area contributed by atoms with E-state index in [1.807, 2.05) is 0 Å². The molecule has 4 aliphatic carbocycles. The highest BCUT2D eigenvalue weighted by Crippen LogP contribution is 2.59. The standard InChI is InChI=1S/C24H31N3O3S/c1-30-6-2-5-27-22(29)19-4-3-18(10-20(19)26-23(27)31)21(28)25-14-24-11-15-7-16(12-24)9-17(8-15)13-24/h3-4,10,15-17H,2,5-9,11-14H2,1H3,(H,25,28)(H,26,31). The van der Waals surface area contributed by atoms with E-state index in [1.165, 1.54) is 38.5 Å². The van der Waals surface area contributed by atoms with Gasteiger partial charge in [-0.05, 0) is 98.5 Å². The van der Waals surface area contributed by atoms with Gasteiger partial charge in [-0.15, -0.1) is 0 Å². The van der Waals surface area contributed by atoms with Crippen molar-refractivity contribution in [3.8, 4) is 0 Å². The van der Waals surface area contributed by atoms with Crippen molar-refractivity contribution in [3.05, 3.63) is 38.9 Å². The Hall–Kier alpha value is -1.99. The number of ether oxygens (including phenoxy) is 1. The van der Waals surface area contributed by atoms with Gasteiger partial charge in [-0.1, -0.05) is 0 Å². The molecule has 6 rings (SSSR count). The molecule has 0 atom stereocenters. The second-order valence-corrected chi connectivity index (χ2v) is 10.5. The summed E-state index contributed by atoms with van der Waals surface area (Å²) in [6.45, 7) is 1.85. The molecular formula is C24H31N3O3S. The summed E-state index contributed by atoms with van der Waals surface area (Å²) >= 11 is 5.39. The number of hydrogen-bond acceptors (Lipinski definition) is 4. The van der Waals surface area contributed by atoms with E-state index in [9.17, 15) is 9.59 Å². The van der Waals surface area contributed by atoms with Gasteiger partial charge in [0, 0.05) is 32.4 Å². The first kappa shape index (κ1) is 20.9. The van der Waals surface area contributed by atoms with E-state index in [1.54, 1.807) is 29.9 Å². The number of hydrogen-bond donors (Lipinski definition) is 2. The van der Waals surface area contributed by atoms with Gasteiger partial charge < -0.3 is 15.0 Å². The Balaban J connectivity index is 1.32. The van der Waals surface area contributed by atoms with E-state index in [0.717, 1.165) is 24.3 Å². The van der Waals surface area contributed by atoms with Crippen LogP contribution in [0.2, 0.25) is 0 Å². The zero-order valence-electron chi connectivity index (χ0n) is 18.1. The van der Waals surface area contributed by atoms with Gasteiger partial charge in [0.25, 0.3) is 11.5 Å². The van der Waals surface area contributed by atoms with Crippen LogP contribution >= 0.6 is 12.2 Å². The highest BCUT2D eigenvalue weighted by atomic mass is 32.1. The lowest BCUT2D eigenvalue weighted by Crippen LogP contribution is -2.51. The molecule has 0 aliphatic heterocycles. The molecule has 7 heteroatoms. The van der Waals surface area contributed by atoms with E-state index in [4.69, 9.17) is 17.0 Å². The second-order valence-electron chi connectivity index (χ2n) is 10.1. The van der Waals surface area contributed by atoms with Crippen molar-refractivity contribution in [2.75, 3.05) is 20.3 Å². The quantitative estimate of drug-likeness (QED) is 0.502. The molecule has 1 heterocycles. The highest BCUT2D eigenvalue weighted by Gasteiger charge is 2.50. The van der Waals surface area contributed by atoms with Crippen molar-refractivity contribution < 1.29 is 9.53 Å². The van der Waals surface area contributed by atoms with Crippen molar-refractivity contribution in [1.82, 2.24) is 14.9 Å². The summed E-state index contributed by atoms with van der Waals surface area (Å²) in [5.41, 5.74) is 1.35. The number of amides is 1. The number of H-pyrrole nitrogens is 1. The maximum atomic E-state index is 12.9. The number of fused-ring (bicyclic) bond motifs is 1. The number of nitrogens with zero attached hydrogens (tertiary/aromatic N) is 1. The normalized spacial score (nSPS) is 28.9. The van der Waals surface area contributed by atoms with Crippen LogP contribution in [-0.4, -0.2) is 35.7 Å². The van der Waals surface area contributed by atoms with Crippen molar-refractivity contribution >= 4 is 29.0 Å². The summed E-state index contributed by atoms with van der Waals surface area (Å²) in [5, 5.41) is 3.76. The minimum absolute atomic E-state index is 0.0683. The minimum atomic E-state index is -0.129. The van der Waals surface area contributed by atoms with E-state index in [0.29, 0.717) is 46.2 Å². The monoisotopic (exact) mass is 441 g/mol. The molecule has 6 nitrogen and oxygen atoms in total. The molecule has 4 saturated carbocycles. The molecule has 4 fully saturated rings. The lowest BCUT2D eigenvalue weighted by Gasteiger charge is -2.56. The SMILES string of the molecule is COCCCn1c(=S)[nH]c2cc(C(=O)NCC34CC5CC(CC(C5)C3)C4)ccc2c1=O.